The van der Waals surface area contributed by atoms with Crippen molar-refractivity contribution in [2.75, 3.05) is 33.2 Å². The molecule has 0 radical (unpaired) electrons. The Morgan fingerprint density at radius 2 is 2.22 bits per heavy atom. The van der Waals surface area contributed by atoms with E-state index in [1.807, 2.05) is 4.90 Å². The zero-order valence-corrected chi connectivity index (χ0v) is 13.4. The molecule has 0 bridgehead atoms. The summed E-state index contributed by atoms with van der Waals surface area (Å²) in [6, 6.07) is 3.55. The van der Waals surface area contributed by atoms with Crippen molar-refractivity contribution in [1.82, 2.24) is 29.5 Å². The highest BCUT2D eigenvalue weighted by molar-refractivity contribution is 5.94. The lowest BCUT2D eigenvalue weighted by Crippen LogP contribution is -2.34. The molecule has 0 saturated carbocycles. The lowest BCUT2D eigenvalue weighted by Gasteiger charge is -2.24. The summed E-state index contributed by atoms with van der Waals surface area (Å²) in [7, 11) is 2.16. The lowest BCUT2D eigenvalue weighted by molar-refractivity contribution is 0.0765. The number of hydrogen-bond donors (Lipinski definition) is 0. The number of carbonyl (C=O) groups is 1. The summed E-state index contributed by atoms with van der Waals surface area (Å²) in [6.07, 6.45) is 4.68. The first-order chi connectivity index (χ1) is 11.0. The van der Waals surface area contributed by atoms with Crippen LogP contribution in [-0.2, 0) is 0 Å². The van der Waals surface area contributed by atoms with Crippen LogP contribution in [0, 0.1) is 11.3 Å². The molecule has 2 aliphatic heterocycles. The molecule has 0 N–H and O–H groups in total. The summed E-state index contributed by atoms with van der Waals surface area (Å²) in [5.41, 5.74) is 0.869. The first-order valence-electron chi connectivity index (χ1n) is 7.84. The van der Waals surface area contributed by atoms with Crippen molar-refractivity contribution < 1.29 is 4.79 Å². The van der Waals surface area contributed by atoms with Crippen molar-refractivity contribution in [2.24, 2.45) is 11.3 Å². The van der Waals surface area contributed by atoms with Gasteiger partial charge in [-0.15, -0.1) is 0 Å². The molecule has 0 unspecified atom stereocenters. The zero-order valence-electron chi connectivity index (χ0n) is 13.4. The number of nitrogens with zero attached hydrogens (tertiary/aromatic N) is 6. The monoisotopic (exact) mass is 312 g/mol. The van der Waals surface area contributed by atoms with Crippen molar-refractivity contribution in [3.8, 4) is 5.82 Å². The maximum atomic E-state index is 12.9. The predicted molar refractivity (Wildman–Crippen MR) is 84.2 cm³/mol. The molecule has 1 amide bonds. The highest BCUT2D eigenvalue weighted by atomic mass is 16.2. The molecule has 4 rings (SSSR count). The maximum absolute atomic E-state index is 12.9. The van der Waals surface area contributed by atoms with Gasteiger partial charge in [-0.1, -0.05) is 6.92 Å². The van der Waals surface area contributed by atoms with Crippen LogP contribution in [0.3, 0.4) is 0 Å². The highest BCUT2D eigenvalue weighted by Gasteiger charge is 2.49. The van der Waals surface area contributed by atoms with Crippen molar-refractivity contribution >= 4 is 5.91 Å². The minimum absolute atomic E-state index is 0.0760. The van der Waals surface area contributed by atoms with E-state index in [4.69, 9.17) is 0 Å². The molecule has 7 heteroatoms. The quantitative estimate of drug-likeness (QED) is 0.816. The molecule has 7 nitrogen and oxygen atoms in total. The summed E-state index contributed by atoms with van der Waals surface area (Å²) in [6.45, 7) is 6.08. The number of likely N-dealkylation sites (tertiary alicyclic amines) is 2. The van der Waals surface area contributed by atoms with Crippen LogP contribution in [0.25, 0.3) is 5.82 Å². The van der Waals surface area contributed by atoms with Gasteiger partial charge in [-0.3, -0.25) is 4.79 Å². The zero-order chi connectivity index (χ0) is 16.0. The molecular formula is C16H20N6O. The van der Waals surface area contributed by atoms with Crippen LogP contribution < -0.4 is 0 Å². The fourth-order valence-corrected chi connectivity index (χ4v) is 3.97. The van der Waals surface area contributed by atoms with Gasteiger partial charge in [0.2, 0.25) is 0 Å². The van der Waals surface area contributed by atoms with Crippen LogP contribution in [0.15, 0.2) is 31.0 Å². The number of carbonyl (C=O) groups excluding carboxylic acids is 1. The molecule has 0 aromatic carbocycles. The van der Waals surface area contributed by atoms with Crippen LogP contribution >= 0.6 is 0 Å². The number of hydrogen-bond acceptors (Lipinski definition) is 5. The Balaban J connectivity index is 1.56. The Kier molecular flexibility index (Phi) is 3.19. The van der Waals surface area contributed by atoms with E-state index in [1.54, 1.807) is 29.3 Å². The third-order valence-corrected chi connectivity index (χ3v) is 5.07. The van der Waals surface area contributed by atoms with Crippen LogP contribution in [-0.4, -0.2) is 68.7 Å². The van der Waals surface area contributed by atoms with Gasteiger partial charge in [-0.05, 0) is 25.1 Å². The van der Waals surface area contributed by atoms with Gasteiger partial charge in [0.15, 0.2) is 5.82 Å². The summed E-state index contributed by atoms with van der Waals surface area (Å²) in [5.74, 6) is 1.25. The normalized spacial score (nSPS) is 27.4. The molecule has 120 valence electrons. The van der Waals surface area contributed by atoms with Gasteiger partial charge < -0.3 is 9.80 Å². The smallest absolute Gasteiger partial charge is 0.254 e. The van der Waals surface area contributed by atoms with Crippen molar-refractivity contribution in [1.29, 1.82) is 0 Å². The SMILES string of the molecule is CN1C[C@@H]2CN(C(=O)c3ccnc(-n4cncn4)c3)C[C@]2(C)C1. The van der Waals surface area contributed by atoms with Gasteiger partial charge >= 0.3 is 0 Å². The van der Waals surface area contributed by atoms with E-state index in [0.29, 0.717) is 17.3 Å². The number of pyridine rings is 1. The van der Waals surface area contributed by atoms with Crippen molar-refractivity contribution in [2.45, 2.75) is 6.92 Å². The fraction of sp³-hybridized carbons (Fsp3) is 0.500. The van der Waals surface area contributed by atoms with E-state index in [-0.39, 0.29) is 11.3 Å². The molecule has 0 aliphatic carbocycles. The van der Waals surface area contributed by atoms with Crippen LogP contribution in [0.1, 0.15) is 17.3 Å². The summed E-state index contributed by atoms with van der Waals surface area (Å²) in [5, 5.41) is 4.06. The molecular weight excluding hydrogens is 292 g/mol. The molecule has 2 aromatic rings. The minimum Gasteiger partial charge on any atom is -0.338 e. The number of aromatic nitrogens is 4. The average molecular weight is 312 g/mol. The largest absolute Gasteiger partial charge is 0.338 e. The van der Waals surface area contributed by atoms with Crippen LogP contribution in [0.4, 0.5) is 0 Å². The molecule has 2 saturated heterocycles. The maximum Gasteiger partial charge on any atom is 0.254 e. The topological polar surface area (TPSA) is 67.2 Å². The standard InChI is InChI=1S/C16H20N6O/c1-16-8-20(2)6-13(16)7-21(9-16)15(23)12-3-4-18-14(5-12)22-11-17-10-19-22/h3-5,10-11,13H,6-9H2,1-2H3/t13-,16+/m1/s1. The second-order valence-electron chi connectivity index (χ2n) is 6.98. The summed E-state index contributed by atoms with van der Waals surface area (Å²) in [4.78, 5) is 25.4. The van der Waals surface area contributed by atoms with Gasteiger partial charge in [-0.25, -0.2) is 14.6 Å². The second kappa shape index (κ2) is 5.13. The third-order valence-electron chi connectivity index (χ3n) is 5.07. The first kappa shape index (κ1) is 14.3. The second-order valence-corrected chi connectivity index (χ2v) is 6.98. The third kappa shape index (κ3) is 2.41. The molecule has 23 heavy (non-hydrogen) atoms. The van der Waals surface area contributed by atoms with E-state index < -0.39 is 0 Å². The van der Waals surface area contributed by atoms with E-state index >= 15 is 0 Å². The van der Waals surface area contributed by atoms with E-state index in [0.717, 1.165) is 26.2 Å². The molecule has 4 heterocycles. The van der Waals surface area contributed by atoms with Gasteiger partial charge in [0.25, 0.3) is 5.91 Å². The van der Waals surface area contributed by atoms with Crippen molar-refractivity contribution in [3.05, 3.63) is 36.5 Å². The lowest BCUT2D eigenvalue weighted by atomic mass is 9.83. The Labute approximate surface area is 134 Å². The molecule has 2 aromatic heterocycles. The molecule has 2 atom stereocenters. The Bertz CT molecular complexity index is 730. The molecule has 2 fully saturated rings. The summed E-state index contributed by atoms with van der Waals surface area (Å²) >= 11 is 0. The summed E-state index contributed by atoms with van der Waals surface area (Å²) < 4.78 is 1.56. The Morgan fingerprint density at radius 1 is 1.35 bits per heavy atom. The average Bonchev–Trinajstić information content (AvgIpc) is 3.20. The first-order valence-corrected chi connectivity index (χ1v) is 7.84. The van der Waals surface area contributed by atoms with Crippen LogP contribution in [0.5, 0.6) is 0 Å². The molecule has 2 aliphatic rings. The van der Waals surface area contributed by atoms with Gasteiger partial charge in [0, 0.05) is 43.4 Å². The number of fused-ring (bicyclic) bond motifs is 1. The van der Waals surface area contributed by atoms with E-state index in [9.17, 15) is 4.79 Å². The van der Waals surface area contributed by atoms with E-state index in [1.165, 1.54) is 6.33 Å². The number of rotatable bonds is 2. The van der Waals surface area contributed by atoms with Gasteiger partial charge in [0.1, 0.15) is 12.7 Å². The Hall–Kier alpha value is -2.28. The predicted octanol–water partition coefficient (Wildman–Crippen LogP) is 0.686. The fourth-order valence-electron chi connectivity index (χ4n) is 3.97. The minimum atomic E-state index is 0.0760. The van der Waals surface area contributed by atoms with Gasteiger partial charge in [-0.2, -0.15) is 5.10 Å². The van der Waals surface area contributed by atoms with Gasteiger partial charge in [0.05, 0.1) is 0 Å². The molecule has 0 spiro atoms. The van der Waals surface area contributed by atoms with Crippen LogP contribution in [0.2, 0.25) is 0 Å². The number of amides is 1. The van der Waals surface area contributed by atoms with Crippen molar-refractivity contribution in [3.63, 3.8) is 0 Å². The highest BCUT2D eigenvalue weighted by Crippen LogP contribution is 2.41. The van der Waals surface area contributed by atoms with E-state index in [2.05, 4.69) is 33.9 Å². The Morgan fingerprint density at radius 3 is 2.96 bits per heavy atom.